The van der Waals surface area contributed by atoms with Crippen LogP contribution in [0.4, 0.5) is 4.79 Å². The van der Waals surface area contributed by atoms with Gasteiger partial charge in [-0.3, -0.25) is 0 Å². The predicted octanol–water partition coefficient (Wildman–Crippen LogP) is 2.17. The molecule has 0 aliphatic heterocycles. The fraction of sp³-hybridized carbons (Fsp3) is 0.308. The van der Waals surface area contributed by atoms with E-state index in [-0.39, 0.29) is 18.3 Å². The fourth-order valence-corrected chi connectivity index (χ4v) is 2.39. The summed E-state index contributed by atoms with van der Waals surface area (Å²) in [7, 11) is 0. The summed E-state index contributed by atoms with van der Waals surface area (Å²) >= 11 is 1.46. The number of nitrogens with zero attached hydrogens (tertiary/aromatic N) is 1. The van der Waals surface area contributed by atoms with Gasteiger partial charge in [-0.15, -0.1) is 11.3 Å². The third kappa shape index (κ3) is 3.82. The van der Waals surface area contributed by atoms with Crippen LogP contribution in [0.15, 0.2) is 28.1 Å². The highest BCUT2D eigenvalue weighted by Crippen LogP contribution is 2.21. The number of carboxylic acids is 1. The first-order valence-corrected chi connectivity index (χ1v) is 7.04. The van der Waals surface area contributed by atoms with E-state index >= 15 is 0 Å². The molecule has 3 N–H and O–H groups in total. The molecule has 0 aliphatic carbocycles. The molecule has 0 fully saturated rings. The van der Waals surface area contributed by atoms with Gasteiger partial charge in [-0.2, -0.15) is 0 Å². The van der Waals surface area contributed by atoms with E-state index in [1.54, 1.807) is 6.20 Å². The monoisotopic (exact) mass is 309 g/mol. The number of hydrogen-bond donors (Lipinski definition) is 3. The van der Waals surface area contributed by atoms with Crippen LogP contribution in [0, 0.1) is 0 Å². The molecule has 0 spiro atoms. The van der Waals surface area contributed by atoms with Crippen LogP contribution in [0.25, 0.3) is 0 Å². The number of thiazole rings is 1. The fourth-order valence-electron chi connectivity index (χ4n) is 1.67. The molecule has 2 amide bonds. The van der Waals surface area contributed by atoms with Gasteiger partial charge in [0.2, 0.25) is 5.76 Å². The molecule has 0 unspecified atom stereocenters. The molecule has 7 nitrogen and oxygen atoms in total. The number of aromatic nitrogens is 1. The number of hydrogen-bond acceptors (Lipinski definition) is 5. The molecule has 0 saturated carbocycles. The number of carboxylic acid groups (broad SMARTS) is 1. The van der Waals surface area contributed by atoms with Crippen molar-refractivity contribution in [2.75, 3.05) is 0 Å². The summed E-state index contributed by atoms with van der Waals surface area (Å²) in [6.45, 7) is 3.80. The van der Waals surface area contributed by atoms with Crippen LogP contribution in [0.2, 0.25) is 0 Å². The number of amides is 2. The third-order valence-corrected chi connectivity index (χ3v) is 3.79. The van der Waals surface area contributed by atoms with Gasteiger partial charge in [0.1, 0.15) is 10.8 Å². The Kier molecular flexibility index (Phi) is 4.27. The molecule has 2 aromatic rings. The van der Waals surface area contributed by atoms with Crippen molar-refractivity contribution in [2.45, 2.75) is 25.9 Å². The van der Waals surface area contributed by atoms with Gasteiger partial charge in [0.15, 0.2) is 0 Å². The lowest BCUT2D eigenvalue weighted by molar-refractivity contribution is 0.0660. The second-order valence-electron chi connectivity index (χ2n) is 4.84. The van der Waals surface area contributed by atoms with Crippen molar-refractivity contribution in [2.24, 2.45) is 0 Å². The Morgan fingerprint density at radius 1 is 1.43 bits per heavy atom. The number of aromatic carboxylic acids is 1. The second kappa shape index (κ2) is 5.96. The van der Waals surface area contributed by atoms with E-state index in [9.17, 15) is 9.59 Å². The topological polar surface area (TPSA) is 104 Å². The molecule has 2 heterocycles. The highest BCUT2D eigenvalue weighted by Gasteiger charge is 2.25. The maximum Gasteiger partial charge on any atom is 0.371 e. The van der Waals surface area contributed by atoms with Gasteiger partial charge in [-0.25, -0.2) is 14.6 Å². The maximum absolute atomic E-state index is 11.9. The quantitative estimate of drug-likeness (QED) is 0.785. The second-order valence-corrected chi connectivity index (χ2v) is 5.74. The lowest BCUT2D eigenvalue weighted by atomic mass is 10.1. The number of carbonyl (C=O) groups is 2. The van der Waals surface area contributed by atoms with Gasteiger partial charge in [0.25, 0.3) is 0 Å². The molecule has 0 aromatic carbocycles. The molecule has 0 bridgehead atoms. The average molecular weight is 309 g/mol. The summed E-state index contributed by atoms with van der Waals surface area (Å²) in [4.78, 5) is 26.7. The van der Waals surface area contributed by atoms with Gasteiger partial charge >= 0.3 is 12.0 Å². The van der Waals surface area contributed by atoms with E-state index < -0.39 is 11.5 Å². The number of nitrogens with one attached hydrogen (secondary N) is 2. The Hall–Kier alpha value is -2.35. The van der Waals surface area contributed by atoms with E-state index in [0.717, 1.165) is 5.01 Å². The van der Waals surface area contributed by atoms with Crippen molar-refractivity contribution >= 4 is 23.3 Å². The molecule has 0 saturated heterocycles. The Bertz CT molecular complexity index is 634. The van der Waals surface area contributed by atoms with Crippen molar-refractivity contribution in [3.63, 3.8) is 0 Å². The highest BCUT2D eigenvalue weighted by molar-refractivity contribution is 7.09. The predicted molar refractivity (Wildman–Crippen MR) is 76.2 cm³/mol. The zero-order valence-corrected chi connectivity index (χ0v) is 12.4. The van der Waals surface area contributed by atoms with Crippen molar-refractivity contribution in [1.29, 1.82) is 0 Å². The van der Waals surface area contributed by atoms with Crippen LogP contribution in [0.5, 0.6) is 0 Å². The summed E-state index contributed by atoms with van der Waals surface area (Å²) in [6.07, 6.45) is 1.68. The largest absolute Gasteiger partial charge is 0.475 e. The SMILES string of the molecule is CC(C)(NC(=O)NCc1ccc(C(=O)O)o1)c1nccs1. The van der Waals surface area contributed by atoms with Crippen molar-refractivity contribution in [1.82, 2.24) is 15.6 Å². The zero-order chi connectivity index (χ0) is 15.5. The van der Waals surface area contributed by atoms with Crippen LogP contribution in [0.1, 0.15) is 35.2 Å². The Balaban J connectivity index is 1.88. The summed E-state index contributed by atoms with van der Waals surface area (Å²) < 4.78 is 5.05. The molecular formula is C13H15N3O4S. The van der Waals surface area contributed by atoms with Gasteiger partial charge in [-0.05, 0) is 26.0 Å². The van der Waals surface area contributed by atoms with Crippen molar-refractivity contribution in [3.05, 3.63) is 40.2 Å². The zero-order valence-electron chi connectivity index (χ0n) is 11.5. The van der Waals surface area contributed by atoms with E-state index in [2.05, 4.69) is 15.6 Å². The van der Waals surface area contributed by atoms with E-state index in [0.29, 0.717) is 5.76 Å². The Labute approximate surface area is 125 Å². The van der Waals surface area contributed by atoms with Crippen LogP contribution >= 0.6 is 11.3 Å². The van der Waals surface area contributed by atoms with Gasteiger partial charge in [0, 0.05) is 11.6 Å². The van der Waals surface area contributed by atoms with E-state index in [1.807, 2.05) is 19.2 Å². The van der Waals surface area contributed by atoms with Crippen molar-refractivity contribution < 1.29 is 19.1 Å². The summed E-state index contributed by atoms with van der Waals surface area (Å²) in [5.41, 5.74) is -0.590. The summed E-state index contributed by atoms with van der Waals surface area (Å²) in [6, 6.07) is 2.47. The van der Waals surface area contributed by atoms with Crippen LogP contribution in [-0.4, -0.2) is 22.1 Å². The first kappa shape index (κ1) is 15.0. The molecule has 0 radical (unpaired) electrons. The van der Waals surface area contributed by atoms with Crippen LogP contribution < -0.4 is 10.6 Å². The molecule has 2 aromatic heterocycles. The molecule has 112 valence electrons. The molecule has 21 heavy (non-hydrogen) atoms. The minimum atomic E-state index is -1.14. The maximum atomic E-state index is 11.9. The highest BCUT2D eigenvalue weighted by atomic mass is 32.1. The third-order valence-electron chi connectivity index (χ3n) is 2.69. The van der Waals surface area contributed by atoms with Crippen LogP contribution in [-0.2, 0) is 12.1 Å². The number of urea groups is 1. The number of rotatable bonds is 5. The Morgan fingerprint density at radius 3 is 2.76 bits per heavy atom. The lowest BCUT2D eigenvalue weighted by Crippen LogP contribution is -2.46. The molecule has 0 atom stereocenters. The van der Waals surface area contributed by atoms with Crippen molar-refractivity contribution in [3.8, 4) is 0 Å². The van der Waals surface area contributed by atoms with Gasteiger partial charge < -0.3 is 20.2 Å². The number of furan rings is 1. The van der Waals surface area contributed by atoms with E-state index in [4.69, 9.17) is 9.52 Å². The Morgan fingerprint density at radius 2 is 2.19 bits per heavy atom. The molecule has 2 rings (SSSR count). The minimum Gasteiger partial charge on any atom is -0.475 e. The average Bonchev–Trinajstić information content (AvgIpc) is 3.07. The molecule has 8 heteroatoms. The standard InChI is InChI=1S/C13H15N3O4S/c1-13(2,11-14-5-6-21-11)16-12(19)15-7-8-3-4-9(20-8)10(17)18/h3-6H,7H2,1-2H3,(H,17,18)(H2,15,16,19). The lowest BCUT2D eigenvalue weighted by Gasteiger charge is -2.23. The first-order valence-electron chi connectivity index (χ1n) is 6.16. The normalized spacial score (nSPS) is 11.1. The van der Waals surface area contributed by atoms with Gasteiger partial charge in [0.05, 0.1) is 12.1 Å². The van der Waals surface area contributed by atoms with E-state index in [1.165, 1.54) is 23.5 Å². The van der Waals surface area contributed by atoms with Crippen LogP contribution in [0.3, 0.4) is 0 Å². The smallest absolute Gasteiger partial charge is 0.371 e. The van der Waals surface area contributed by atoms with Gasteiger partial charge in [-0.1, -0.05) is 0 Å². The molecular weight excluding hydrogens is 294 g/mol. The minimum absolute atomic E-state index is 0.104. The molecule has 0 aliphatic rings. The first-order chi connectivity index (χ1) is 9.88. The summed E-state index contributed by atoms with van der Waals surface area (Å²) in [5.74, 6) is -0.930. The summed E-state index contributed by atoms with van der Waals surface area (Å²) in [5, 5.41) is 16.8. The number of carbonyl (C=O) groups excluding carboxylic acids is 1.